The Morgan fingerprint density at radius 1 is 1.31 bits per heavy atom. The van der Waals surface area contributed by atoms with Crippen molar-refractivity contribution in [1.82, 2.24) is 19.7 Å². The van der Waals surface area contributed by atoms with Crippen LogP contribution < -0.4 is 10.1 Å². The highest BCUT2D eigenvalue weighted by Crippen LogP contribution is 2.28. The first-order chi connectivity index (χ1) is 15.5. The number of anilines is 1. The van der Waals surface area contributed by atoms with E-state index in [9.17, 15) is 4.79 Å². The maximum absolute atomic E-state index is 12.5. The van der Waals surface area contributed by atoms with Gasteiger partial charge >= 0.3 is 0 Å². The fraction of sp³-hybridized carbons (Fsp3) is 0.333. The molecule has 1 aliphatic rings. The lowest BCUT2D eigenvalue weighted by atomic mass is 10.2. The van der Waals surface area contributed by atoms with Crippen LogP contribution in [0.1, 0.15) is 12.8 Å². The third-order valence-electron chi connectivity index (χ3n) is 4.87. The molecule has 0 bridgehead atoms. The summed E-state index contributed by atoms with van der Waals surface area (Å²) in [4.78, 5) is 16.5. The summed E-state index contributed by atoms with van der Waals surface area (Å²) in [5, 5.41) is 12.7. The van der Waals surface area contributed by atoms with Crippen molar-refractivity contribution in [2.75, 3.05) is 24.8 Å². The van der Waals surface area contributed by atoms with Gasteiger partial charge in [-0.05, 0) is 43.2 Å². The number of thioether (sulfide) groups is 1. The molecule has 8 nitrogen and oxygen atoms in total. The number of hydrogen-bond donors (Lipinski definition) is 1. The van der Waals surface area contributed by atoms with Crippen molar-refractivity contribution in [2.45, 2.75) is 30.6 Å². The number of benzene rings is 1. The molecule has 3 heterocycles. The summed E-state index contributed by atoms with van der Waals surface area (Å²) >= 11 is 13.2. The maximum atomic E-state index is 12.5. The van der Waals surface area contributed by atoms with Crippen molar-refractivity contribution in [1.29, 1.82) is 0 Å². The number of methoxy groups -OCH3 is 1. The van der Waals surface area contributed by atoms with Gasteiger partial charge in [-0.2, -0.15) is 0 Å². The summed E-state index contributed by atoms with van der Waals surface area (Å²) in [5.41, 5.74) is 0.907. The van der Waals surface area contributed by atoms with Crippen molar-refractivity contribution in [3.63, 3.8) is 0 Å². The quantitative estimate of drug-likeness (QED) is 0.459. The minimum absolute atomic E-state index is 0.0910. The van der Waals surface area contributed by atoms with Gasteiger partial charge in [0.15, 0.2) is 16.8 Å². The summed E-state index contributed by atoms with van der Waals surface area (Å²) in [6.07, 6.45) is 3.53. The number of carbonyl (C=O) groups is 1. The molecule has 1 N–H and O–H groups in total. The van der Waals surface area contributed by atoms with E-state index in [1.807, 2.05) is 28.8 Å². The second-order valence-corrected chi connectivity index (χ2v) is 8.89. The second kappa shape index (κ2) is 10.5. The zero-order valence-corrected chi connectivity index (χ0v) is 19.6. The first kappa shape index (κ1) is 22.8. The minimum Gasteiger partial charge on any atom is -0.497 e. The van der Waals surface area contributed by atoms with E-state index < -0.39 is 0 Å². The van der Waals surface area contributed by atoms with E-state index in [2.05, 4.69) is 20.5 Å². The SMILES string of the molecule is COc1ccc(-c2nnc(SCC(=O)Nc3ncc(Cl)cc3Cl)n2C[C@@H]2CCCO2)cc1. The zero-order valence-electron chi connectivity index (χ0n) is 17.3. The molecule has 32 heavy (non-hydrogen) atoms. The molecule has 11 heteroatoms. The Morgan fingerprint density at radius 2 is 2.12 bits per heavy atom. The lowest BCUT2D eigenvalue weighted by molar-refractivity contribution is -0.113. The number of hydrogen-bond acceptors (Lipinski definition) is 7. The largest absolute Gasteiger partial charge is 0.497 e. The van der Waals surface area contributed by atoms with Crippen LogP contribution in [0.3, 0.4) is 0 Å². The van der Waals surface area contributed by atoms with Crippen LogP contribution in [0, 0.1) is 0 Å². The Bertz CT molecular complexity index is 1090. The Kier molecular flexibility index (Phi) is 7.51. The highest BCUT2D eigenvalue weighted by atomic mass is 35.5. The van der Waals surface area contributed by atoms with Gasteiger partial charge in [0.25, 0.3) is 0 Å². The van der Waals surface area contributed by atoms with Gasteiger partial charge in [0.2, 0.25) is 5.91 Å². The Labute approximate surface area is 199 Å². The van der Waals surface area contributed by atoms with Crippen LogP contribution in [0.4, 0.5) is 5.82 Å². The summed E-state index contributed by atoms with van der Waals surface area (Å²) < 4.78 is 13.1. The average molecular weight is 494 g/mol. The van der Waals surface area contributed by atoms with E-state index in [1.54, 1.807) is 7.11 Å². The van der Waals surface area contributed by atoms with Gasteiger partial charge in [0.05, 0.1) is 35.6 Å². The van der Waals surface area contributed by atoms with Gasteiger partial charge in [-0.25, -0.2) is 4.98 Å². The molecule has 0 radical (unpaired) electrons. The highest BCUT2D eigenvalue weighted by Gasteiger charge is 2.22. The molecule has 2 aromatic heterocycles. The molecule has 4 rings (SSSR count). The highest BCUT2D eigenvalue weighted by molar-refractivity contribution is 7.99. The molecule has 1 amide bonds. The fourth-order valence-electron chi connectivity index (χ4n) is 3.31. The van der Waals surface area contributed by atoms with Crippen LogP contribution >= 0.6 is 35.0 Å². The number of aromatic nitrogens is 4. The lowest BCUT2D eigenvalue weighted by Gasteiger charge is -2.15. The van der Waals surface area contributed by atoms with E-state index in [0.29, 0.717) is 22.5 Å². The molecular weight excluding hydrogens is 473 g/mol. The van der Waals surface area contributed by atoms with Gasteiger partial charge < -0.3 is 14.8 Å². The molecular formula is C21H21Cl2N5O3S. The molecule has 1 atom stereocenters. The first-order valence-electron chi connectivity index (χ1n) is 9.96. The summed E-state index contributed by atoms with van der Waals surface area (Å²) in [6.45, 7) is 1.37. The van der Waals surface area contributed by atoms with Gasteiger partial charge in [-0.1, -0.05) is 35.0 Å². The maximum Gasteiger partial charge on any atom is 0.236 e. The van der Waals surface area contributed by atoms with Crippen LogP contribution in [0.25, 0.3) is 11.4 Å². The van der Waals surface area contributed by atoms with E-state index in [4.69, 9.17) is 32.7 Å². The van der Waals surface area contributed by atoms with E-state index in [-0.39, 0.29) is 28.6 Å². The van der Waals surface area contributed by atoms with E-state index in [1.165, 1.54) is 24.0 Å². The van der Waals surface area contributed by atoms with Gasteiger partial charge in [0.1, 0.15) is 5.75 Å². The fourth-order valence-corrected chi connectivity index (χ4v) is 4.49. The number of ether oxygens (including phenoxy) is 2. The zero-order chi connectivity index (χ0) is 22.5. The Morgan fingerprint density at radius 3 is 2.81 bits per heavy atom. The van der Waals surface area contributed by atoms with E-state index in [0.717, 1.165) is 30.8 Å². The van der Waals surface area contributed by atoms with Crippen LogP contribution in [0.2, 0.25) is 10.0 Å². The number of amides is 1. The van der Waals surface area contributed by atoms with Crippen LogP contribution in [-0.2, 0) is 16.1 Å². The predicted molar refractivity (Wildman–Crippen MR) is 125 cm³/mol. The normalized spacial score (nSPS) is 15.7. The van der Waals surface area contributed by atoms with Gasteiger partial charge in [0, 0.05) is 18.4 Å². The van der Waals surface area contributed by atoms with Crippen LogP contribution in [0.15, 0.2) is 41.7 Å². The van der Waals surface area contributed by atoms with Gasteiger partial charge in [-0.3, -0.25) is 9.36 Å². The average Bonchev–Trinajstić information content (AvgIpc) is 3.45. The summed E-state index contributed by atoms with van der Waals surface area (Å²) in [6, 6.07) is 9.15. The number of halogens is 2. The molecule has 0 saturated carbocycles. The topological polar surface area (TPSA) is 91.2 Å². The smallest absolute Gasteiger partial charge is 0.236 e. The lowest BCUT2D eigenvalue weighted by Crippen LogP contribution is -2.18. The van der Waals surface area contributed by atoms with Crippen LogP contribution in [-0.4, -0.2) is 51.2 Å². The molecule has 1 fully saturated rings. The standard InChI is InChI=1S/C21H21Cl2N5O3S/c1-30-15-6-4-13(5-7-15)20-26-27-21(28(20)11-16-3-2-8-31-16)32-12-18(29)25-19-17(23)9-14(22)10-24-19/h4-7,9-10,16H,2-3,8,11-12H2,1H3,(H,24,25,29)/t16-/m0/s1. The van der Waals surface area contributed by atoms with Crippen LogP contribution in [0.5, 0.6) is 5.75 Å². The molecule has 0 unspecified atom stereocenters. The van der Waals surface area contributed by atoms with Crippen molar-refractivity contribution >= 4 is 46.7 Å². The third-order valence-corrected chi connectivity index (χ3v) is 6.33. The number of nitrogens with zero attached hydrogens (tertiary/aromatic N) is 4. The third kappa shape index (κ3) is 5.53. The minimum atomic E-state index is -0.260. The molecule has 1 aliphatic heterocycles. The number of carbonyl (C=O) groups excluding carboxylic acids is 1. The summed E-state index contributed by atoms with van der Waals surface area (Å²) in [7, 11) is 1.63. The monoisotopic (exact) mass is 493 g/mol. The molecule has 0 spiro atoms. The molecule has 0 aliphatic carbocycles. The molecule has 3 aromatic rings. The first-order valence-corrected chi connectivity index (χ1v) is 11.7. The molecule has 1 saturated heterocycles. The number of nitrogens with one attached hydrogen (secondary N) is 1. The van der Waals surface area contributed by atoms with Crippen molar-refractivity contribution < 1.29 is 14.3 Å². The molecule has 168 valence electrons. The van der Waals surface area contributed by atoms with Crippen molar-refractivity contribution in [3.8, 4) is 17.1 Å². The number of rotatable bonds is 8. The molecule has 1 aromatic carbocycles. The van der Waals surface area contributed by atoms with Crippen molar-refractivity contribution in [2.24, 2.45) is 0 Å². The predicted octanol–water partition coefficient (Wildman–Crippen LogP) is 4.57. The Hall–Kier alpha value is -2.33. The Balaban J connectivity index is 1.50. The van der Waals surface area contributed by atoms with Gasteiger partial charge in [-0.15, -0.1) is 10.2 Å². The summed E-state index contributed by atoms with van der Waals surface area (Å²) in [5.74, 6) is 1.60. The number of pyridine rings is 1. The van der Waals surface area contributed by atoms with E-state index >= 15 is 0 Å². The second-order valence-electron chi connectivity index (χ2n) is 7.10. The van der Waals surface area contributed by atoms with Crippen molar-refractivity contribution in [3.05, 3.63) is 46.6 Å².